The summed E-state index contributed by atoms with van der Waals surface area (Å²) in [6.45, 7) is -0.0169. The number of hydrogen-bond acceptors (Lipinski definition) is 3. The van der Waals surface area contributed by atoms with E-state index >= 15 is 0 Å². The number of alkyl halides is 3. The van der Waals surface area contributed by atoms with Gasteiger partial charge >= 0.3 is 6.18 Å². The van der Waals surface area contributed by atoms with Crippen molar-refractivity contribution in [3.05, 3.63) is 64.2 Å². The predicted molar refractivity (Wildman–Crippen MR) is 79.0 cm³/mol. The van der Waals surface area contributed by atoms with Gasteiger partial charge in [0.1, 0.15) is 12.4 Å². The fourth-order valence-corrected chi connectivity index (χ4v) is 2.01. The van der Waals surface area contributed by atoms with Crippen molar-refractivity contribution in [2.75, 3.05) is 0 Å². The van der Waals surface area contributed by atoms with Gasteiger partial charge in [-0.05, 0) is 35.9 Å². The van der Waals surface area contributed by atoms with Gasteiger partial charge in [-0.15, -0.1) is 0 Å². The summed E-state index contributed by atoms with van der Waals surface area (Å²) in [4.78, 5) is 0. The molecule has 0 unspecified atom stereocenters. The van der Waals surface area contributed by atoms with Crippen molar-refractivity contribution in [1.29, 1.82) is 0 Å². The summed E-state index contributed by atoms with van der Waals surface area (Å²) in [7, 11) is 0. The van der Waals surface area contributed by atoms with Crippen LogP contribution >= 0.6 is 11.6 Å². The Morgan fingerprint density at radius 3 is 2.64 bits per heavy atom. The van der Waals surface area contributed by atoms with E-state index in [1.54, 1.807) is 24.3 Å². The zero-order valence-electron chi connectivity index (χ0n) is 11.3. The second kappa shape index (κ2) is 6.70. The average Bonchev–Trinajstić information content (AvgIpc) is 2.46. The minimum atomic E-state index is -4.38. The van der Waals surface area contributed by atoms with E-state index in [1.165, 1.54) is 12.3 Å². The maximum absolute atomic E-state index is 12.7. The average molecular weight is 329 g/mol. The van der Waals surface area contributed by atoms with Crippen molar-refractivity contribution in [1.82, 2.24) is 0 Å². The minimum Gasteiger partial charge on any atom is -0.488 e. The highest BCUT2D eigenvalue weighted by molar-refractivity contribution is 6.30. The SMILES string of the molecule is NN=Cc1cc(Cl)ccc1OCc1cccc(C(F)(F)F)c1. The topological polar surface area (TPSA) is 47.6 Å². The van der Waals surface area contributed by atoms with Gasteiger partial charge in [0.25, 0.3) is 0 Å². The Morgan fingerprint density at radius 2 is 1.95 bits per heavy atom. The monoisotopic (exact) mass is 328 g/mol. The van der Waals surface area contributed by atoms with Gasteiger partial charge in [0.05, 0.1) is 11.8 Å². The standard InChI is InChI=1S/C15H12ClF3N2O/c16-13-4-5-14(11(7-13)8-21-20)22-9-10-2-1-3-12(6-10)15(17,18)19/h1-8H,9,20H2. The van der Waals surface area contributed by atoms with Crippen LogP contribution in [0.4, 0.5) is 13.2 Å². The third-order valence-electron chi connectivity index (χ3n) is 2.83. The summed E-state index contributed by atoms with van der Waals surface area (Å²) in [6.07, 6.45) is -3.03. The Kier molecular flexibility index (Phi) is 4.92. The number of hydrazone groups is 1. The number of hydrogen-bond donors (Lipinski definition) is 1. The molecule has 2 aromatic rings. The summed E-state index contributed by atoms with van der Waals surface area (Å²) in [5.74, 6) is 5.53. The van der Waals surface area contributed by atoms with Crippen molar-refractivity contribution in [2.24, 2.45) is 10.9 Å². The van der Waals surface area contributed by atoms with E-state index in [9.17, 15) is 13.2 Å². The molecule has 0 aromatic heterocycles. The van der Waals surface area contributed by atoms with Crippen LogP contribution in [0, 0.1) is 0 Å². The maximum atomic E-state index is 12.7. The fraction of sp³-hybridized carbons (Fsp3) is 0.133. The van der Waals surface area contributed by atoms with E-state index < -0.39 is 11.7 Å². The second-order valence-electron chi connectivity index (χ2n) is 4.45. The molecule has 2 aromatic carbocycles. The van der Waals surface area contributed by atoms with Gasteiger partial charge in [0.2, 0.25) is 0 Å². The molecule has 0 spiro atoms. The van der Waals surface area contributed by atoms with Crippen LogP contribution in [-0.4, -0.2) is 6.21 Å². The van der Waals surface area contributed by atoms with Crippen LogP contribution in [0.1, 0.15) is 16.7 Å². The minimum absolute atomic E-state index is 0.0169. The Bertz CT molecular complexity index is 687. The molecule has 0 atom stereocenters. The number of halogens is 4. The van der Waals surface area contributed by atoms with Crippen LogP contribution in [0.3, 0.4) is 0 Å². The summed E-state index contributed by atoms with van der Waals surface area (Å²) in [6, 6.07) is 9.77. The predicted octanol–water partition coefficient (Wildman–Crippen LogP) is 4.23. The molecule has 7 heteroatoms. The Hall–Kier alpha value is -2.21. The maximum Gasteiger partial charge on any atom is 0.416 e. The summed E-state index contributed by atoms with van der Waals surface area (Å²) in [5, 5.41) is 3.87. The molecular formula is C15H12ClF3N2O. The van der Waals surface area contributed by atoms with Crippen molar-refractivity contribution in [3.63, 3.8) is 0 Å². The highest BCUT2D eigenvalue weighted by Crippen LogP contribution is 2.30. The lowest BCUT2D eigenvalue weighted by molar-refractivity contribution is -0.137. The zero-order valence-corrected chi connectivity index (χ0v) is 12.0. The number of nitrogens with two attached hydrogens (primary N) is 1. The van der Waals surface area contributed by atoms with Crippen molar-refractivity contribution < 1.29 is 17.9 Å². The summed E-state index contributed by atoms with van der Waals surface area (Å²) >= 11 is 5.86. The van der Waals surface area contributed by atoms with Gasteiger partial charge in [0.15, 0.2) is 0 Å². The van der Waals surface area contributed by atoms with Crippen LogP contribution < -0.4 is 10.6 Å². The summed E-state index contributed by atoms with van der Waals surface area (Å²) < 4.78 is 43.5. The van der Waals surface area contributed by atoms with Crippen molar-refractivity contribution in [2.45, 2.75) is 12.8 Å². The van der Waals surface area contributed by atoms with E-state index in [-0.39, 0.29) is 6.61 Å². The molecule has 0 aliphatic heterocycles. The van der Waals surface area contributed by atoms with Crippen LogP contribution in [0.25, 0.3) is 0 Å². The smallest absolute Gasteiger partial charge is 0.416 e. The van der Waals surface area contributed by atoms with E-state index in [0.29, 0.717) is 21.9 Å². The zero-order chi connectivity index (χ0) is 16.2. The molecule has 0 fully saturated rings. The molecule has 22 heavy (non-hydrogen) atoms. The highest BCUT2D eigenvalue weighted by atomic mass is 35.5. The largest absolute Gasteiger partial charge is 0.488 e. The number of nitrogens with zero attached hydrogens (tertiary/aromatic N) is 1. The molecule has 0 aliphatic rings. The first-order valence-electron chi connectivity index (χ1n) is 6.22. The first-order chi connectivity index (χ1) is 10.4. The summed E-state index contributed by atoms with van der Waals surface area (Å²) in [5.41, 5.74) is 0.232. The molecule has 0 bridgehead atoms. The quantitative estimate of drug-likeness (QED) is 0.518. The number of ether oxygens (including phenoxy) is 1. The molecule has 2 rings (SSSR count). The molecule has 2 N–H and O–H groups in total. The van der Waals surface area contributed by atoms with E-state index in [1.807, 2.05) is 0 Å². The van der Waals surface area contributed by atoms with Gasteiger partial charge in [-0.2, -0.15) is 18.3 Å². The van der Waals surface area contributed by atoms with Gasteiger partial charge in [-0.1, -0.05) is 23.7 Å². The second-order valence-corrected chi connectivity index (χ2v) is 4.88. The molecular weight excluding hydrogens is 317 g/mol. The lowest BCUT2D eigenvalue weighted by Gasteiger charge is -2.11. The molecule has 0 radical (unpaired) electrons. The lowest BCUT2D eigenvalue weighted by Crippen LogP contribution is -2.06. The first-order valence-corrected chi connectivity index (χ1v) is 6.59. The van der Waals surface area contributed by atoms with Crippen LogP contribution in [0.15, 0.2) is 47.6 Å². The normalized spacial score (nSPS) is 11.8. The molecule has 0 saturated heterocycles. The molecule has 0 amide bonds. The van der Waals surface area contributed by atoms with Crippen LogP contribution in [0.2, 0.25) is 5.02 Å². The first kappa shape index (κ1) is 16.2. The van der Waals surface area contributed by atoms with E-state index in [4.69, 9.17) is 22.2 Å². The molecule has 0 saturated carbocycles. The third kappa shape index (κ3) is 4.14. The lowest BCUT2D eigenvalue weighted by atomic mass is 10.1. The van der Waals surface area contributed by atoms with E-state index in [2.05, 4.69) is 5.10 Å². The Balaban J connectivity index is 2.17. The highest BCUT2D eigenvalue weighted by Gasteiger charge is 2.30. The Labute approximate surface area is 130 Å². The molecule has 116 valence electrons. The van der Waals surface area contributed by atoms with Gasteiger partial charge < -0.3 is 10.6 Å². The van der Waals surface area contributed by atoms with Gasteiger partial charge in [-0.25, -0.2) is 0 Å². The van der Waals surface area contributed by atoms with Gasteiger partial charge in [0, 0.05) is 10.6 Å². The Morgan fingerprint density at radius 1 is 1.18 bits per heavy atom. The van der Waals surface area contributed by atoms with Crippen LogP contribution in [0.5, 0.6) is 5.75 Å². The third-order valence-corrected chi connectivity index (χ3v) is 3.07. The molecule has 0 heterocycles. The van der Waals surface area contributed by atoms with Crippen LogP contribution in [-0.2, 0) is 12.8 Å². The van der Waals surface area contributed by atoms with E-state index in [0.717, 1.165) is 12.1 Å². The van der Waals surface area contributed by atoms with Crippen molar-refractivity contribution in [3.8, 4) is 5.75 Å². The molecule has 3 nitrogen and oxygen atoms in total. The molecule has 0 aliphatic carbocycles. The van der Waals surface area contributed by atoms with Crippen molar-refractivity contribution >= 4 is 17.8 Å². The fourth-order valence-electron chi connectivity index (χ4n) is 1.83. The number of rotatable bonds is 4. The van der Waals surface area contributed by atoms with Gasteiger partial charge in [-0.3, -0.25) is 0 Å². The number of benzene rings is 2.